The van der Waals surface area contributed by atoms with Crippen molar-refractivity contribution in [1.29, 1.82) is 0 Å². The summed E-state index contributed by atoms with van der Waals surface area (Å²) in [5, 5.41) is 7.12. The average molecular weight is 596 g/mol. The number of halogens is 2. The summed E-state index contributed by atoms with van der Waals surface area (Å²) in [4.78, 5) is 32.8. The van der Waals surface area contributed by atoms with E-state index in [9.17, 15) is 14.0 Å². The predicted molar refractivity (Wildman–Crippen MR) is 163 cm³/mol. The number of carbonyl (C=O) groups excluding carboxylic acids is 2. The normalized spacial score (nSPS) is 14.7. The van der Waals surface area contributed by atoms with Gasteiger partial charge in [-0.25, -0.2) is 13.5 Å². The van der Waals surface area contributed by atoms with Gasteiger partial charge in [-0.15, -0.1) is 11.8 Å². The molecule has 10 heteroatoms. The van der Waals surface area contributed by atoms with Crippen molar-refractivity contribution in [1.82, 2.24) is 20.1 Å². The Morgan fingerprint density at radius 1 is 1.00 bits per heavy atom. The minimum atomic E-state index is -0.723. The first kappa shape index (κ1) is 28.3. The van der Waals surface area contributed by atoms with Crippen molar-refractivity contribution in [2.75, 3.05) is 17.2 Å². The Bertz CT molecular complexity index is 1780. The molecule has 43 heavy (non-hydrogen) atoms. The van der Waals surface area contributed by atoms with Crippen molar-refractivity contribution < 1.29 is 18.4 Å². The maximum absolute atomic E-state index is 15.4. The number of nitrogens with one attached hydrogen (secondary N) is 1. The van der Waals surface area contributed by atoms with Crippen LogP contribution >= 0.6 is 11.8 Å². The topological polar surface area (TPSA) is 80.1 Å². The van der Waals surface area contributed by atoms with Crippen molar-refractivity contribution in [3.63, 3.8) is 0 Å². The number of hydrogen-bond donors (Lipinski definition) is 1. The van der Waals surface area contributed by atoms with Crippen LogP contribution in [-0.2, 0) is 16.1 Å². The second-order valence-corrected chi connectivity index (χ2v) is 11.2. The highest BCUT2D eigenvalue weighted by Crippen LogP contribution is 2.49. The van der Waals surface area contributed by atoms with Crippen LogP contribution in [-0.4, -0.2) is 38.9 Å². The van der Waals surface area contributed by atoms with E-state index in [2.05, 4.69) is 10.3 Å². The van der Waals surface area contributed by atoms with E-state index in [0.29, 0.717) is 28.5 Å². The Labute approximate surface area is 251 Å². The Morgan fingerprint density at radius 2 is 1.77 bits per heavy atom. The summed E-state index contributed by atoms with van der Waals surface area (Å²) in [6.45, 7) is 1.87. The first-order valence-corrected chi connectivity index (χ1v) is 14.7. The van der Waals surface area contributed by atoms with Crippen LogP contribution < -0.4 is 10.2 Å². The van der Waals surface area contributed by atoms with Crippen LogP contribution in [0.4, 0.5) is 14.6 Å². The van der Waals surface area contributed by atoms with E-state index in [1.807, 2.05) is 67.6 Å². The highest BCUT2D eigenvalue weighted by molar-refractivity contribution is 8.00. The van der Waals surface area contributed by atoms with Crippen molar-refractivity contribution in [3.05, 3.63) is 131 Å². The Hall–Kier alpha value is -4.83. The molecular formula is C33H27F2N5O2S. The number of carbonyl (C=O) groups is 2. The van der Waals surface area contributed by atoms with Gasteiger partial charge < -0.3 is 5.32 Å². The smallest absolute Gasteiger partial charge is 0.240 e. The zero-order chi connectivity index (χ0) is 29.9. The number of pyridine rings is 1. The molecule has 2 aromatic heterocycles. The average Bonchev–Trinajstić information content (AvgIpc) is 3.35. The molecule has 0 saturated carbocycles. The van der Waals surface area contributed by atoms with Gasteiger partial charge in [0.05, 0.1) is 34.6 Å². The molecule has 3 heterocycles. The van der Waals surface area contributed by atoms with E-state index in [0.717, 1.165) is 17.2 Å². The van der Waals surface area contributed by atoms with Gasteiger partial charge in [-0.1, -0.05) is 60.2 Å². The van der Waals surface area contributed by atoms with Crippen LogP contribution in [0.5, 0.6) is 0 Å². The molecule has 0 bridgehead atoms. The van der Waals surface area contributed by atoms with E-state index in [1.54, 1.807) is 23.0 Å². The van der Waals surface area contributed by atoms with Crippen LogP contribution in [0.25, 0.3) is 16.9 Å². The summed E-state index contributed by atoms with van der Waals surface area (Å²) in [7, 11) is 0. The molecule has 216 valence electrons. The molecule has 1 atom stereocenters. The Kier molecular flexibility index (Phi) is 8.02. The zero-order valence-electron chi connectivity index (χ0n) is 23.2. The molecule has 7 nitrogen and oxygen atoms in total. The van der Waals surface area contributed by atoms with Gasteiger partial charge in [0, 0.05) is 29.0 Å². The van der Waals surface area contributed by atoms with Gasteiger partial charge in [0.15, 0.2) is 0 Å². The number of rotatable bonds is 7. The number of hydrogen-bond acceptors (Lipinski definition) is 5. The molecule has 0 saturated heterocycles. The van der Waals surface area contributed by atoms with E-state index < -0.39 is 16.9 Å². The minimum absolute atomic E-state index is 0.0359. The fraction of sp³-hybridized carbons (Fsp3) is 0.152. The van der Waals surface area contributed by atoms with Crippen molar-refractivity contribution in [2.45, 2.75) is 18.7 Å². The molecule has 1 unspecified atom stereocenters. The minimum Gasteiger partial charge on any atom is -0.349 e. The molecule has 2 amide bonds. The van der Waals surface area contributed by atoms with Gasteiger partial charge in [0.25, 0.3) is 0 Å². The molecule has 0 fully saturated rings. The molecule has 1 aliphatic heterocycles. The second kappa shape index (κ2) is 12.2. The van der Waals surface area contributed by atoms with Crippen molar-refractivity contribution in [2.24, 2.45) is 0 Å². The summed E-state index contributed by atoms with van der Waals surface area (Å²) < 4.78 is 31.0. The molecule has 0 aliphatic carbocycles. The molecular weight excluding hydrogens is 568 g/mol. The van der Waals surface area contributed by atoms with Crippen LogP contribution in [0, 0.1) is 18.6 Å². The fourth-order valence-corrected chi connectivity index (χ4v) is 6.26. The van der Waals surface area contributed by atoms with Gasteiger partial charge in [0.1, 0.15) is 24.0 Å². The number of aromatic nitrogens is 3. The summed E-state index contributed by atoms with van der Waals surface area (Å²) in [5.41, 5.74) is 4.46. The summed E-state index contributed by atoms with van der Waals surface area (Å²) >= 11 is 1.22. The predicted octanol–water partition coefficient (Wildman–Crippen LogP) is 6.01. The number of thioether (sulfide) groups is 1. The van der Waals surface area contributed by atoms with Crippen LogP contribution in [0.15, 0.2) is 97.2 Å². The number of fused-ring (bicyclic) bond motifs is 1. The highest BCUT2D eigenvalue weighted by Gasteiger charge is 2.38. The molecule has 5 aromatic rings. The van der Waals surface area contributed by atoms with Gasteiger partial charge in [-0.2, -0.15) is 5.10 Å². The third kappa shape index (κ3) is 5.91. The van der Waals surface area contributed by atoms with Gasteiger partial charge >= 0.3 is 0 Å². The lowest BCUT2D eigenvalue weighted by atomic mass is 9.99. The maximum Gasteiger partial charge on any atom is 0.240 e. The molecule has 0 radical (unpaired) electrons. The standard InChI is InChI=1S/C33H27F2N5O2S/c1-21-10-13-25(14-11-21)40-33-30(31(38-40)22-7-3-2-4-8-22)32(26-15-12-23(34)17-27(26)35)43-20-29(42)39(33)19-28(41)37-18-24-9-5-6-16-36-24/h2-17,32H,18-20H2,1H3,(H,37,41). The molecule has 1 aliphatic rings. The van der Waals surface area contributed by atoms with Crippen molar-refractivity contribution in [3.8, 4) is 16.9 Å². The van der Waals surface area contributed by atoms with Crippen molar-refractivity contribution >= 4 is 29.4 Å². The van der Waals surface area contributed by atoms with Gasteiger partial charge in [-0.3, -0.25) is 19.5 Å². The lowest BCUT2D eigenvalue weighted by Crippen LogP contribution is -2.42. The summed E-state index contributed by atoms with van der Waals surface area (Å²) in [5.74, 6) is -1.82. The first-order valence-electron chi connectivity index (χ1n) is 13.7. The molecule has 1 N–H and O–H groups in total. The number of anilines is 1. The Balaban J connectivity index is 1.53. The second-order valence-electron chi connectivity index (χ2n) is 10.1. The van der Waals surface area contributed by atoms with Crippen LogP contribution in [0.3, 0.4) is 0 Å². The monoisotopic (exact) mass is 595 g/mol. The highest BCUT2D eigenvalue weighted by atomic mass is 32.2. The number of benzene rings is 3. The number of aryl methyl sites for hydroxylation is 1. The SMILES string of the molecule is Cc1ccc(-n2nc(-c3ccccc3)c3c2N(CC(=O)NCc2ccccn2)C(=O)CSC3c2ccc(F)cc2F)cc1. The molecule has 6 rings (SSSR count). The molecule has 0 spiro atoms. The lowest BCUT2D eigenvalue weighted by Gasteiger charge is -2.23. The van der Waals surface area contributed by atoms with Gasteiger partial charge in [0.2, 0.25) is 11.8 Å². The van der Waals surface area contributed by atoms with E-state index >= 15 is 4.39 Å². The maximum atomic E-state index is 15.4. The van der Waals surface area contributed by atoms with E-state index in [4.69, 9.17) is 5.10 Å². The van der Waals surface area contributed by atoms with E-state index in [1.165, 1.54) is 28.8 Å². The van der Waals surface area contributed by atoms with Gasteiger partial charge in [-0.05, 0) is 37.3 Å². The van der Waals surface area contributed by atoms with E-state index in [-0.39, 0.29) is 36.2 Å². The third-order valence-corrected chi connectivity index (χ3v) is 8.39. The summed E-state index contributed by atoms with van der Waals surface area (Å²) in [6.07, 6.45) is 1.64. The fourth-order valence-electron chi connectivity index (χ4n) is 5.05. The van der Waals surface area contributed by atoms with Crippen LogP contribution in [0.1, 0.15) is 27.6 Å². The third-order valence-electron chi connectivity index (χ3n) is 7.15. The number of nitrogens with zero attached hydrogens (tertiary/aromatic N) is 4. The van der Waals surface area contributed by atoms with Crippen LogP contribution in [0.2, 0.25) is 0 Å². The zero-order valence-corrected chi connectivity index (χ0v) is 24.0. The summed E-state index contributed by atoms with van der Waals surface area (Å²) in [6, 6.07) is 25.9. The Morgan fingerprint density at radius 3 is 2.49 bits per heavy atom. The first-order chi connectivity index (χ1) is 20.9. The molecule has 3 aromatic carbocycles. The quantitative estimate of drug-likeness (QED) is 0.250. The number of amides is 2. The largest absolute Gasteiger partial charge is 0.349 e. The lowest BCUT2D eigenvalue weighted by molar-refractivity contribution is -0.123.